The van der Waals surface area contributed by atoms with Crippen molar-refractivity contribution in [1.29, 1.82) is 0 Å². The zero-order chi connectivity index (χ0) is 26.4. The Balaban J connectivity index is 1.43. The Morgan fingerprint density at radius 2 is 1.76 bits per heavy atom. The molecule has 37 heavy (non-hydrogen) atoms. The number of likely N-dealkylation sites (tertiary alicyclic amines) is 1. The van der Waals surface area contributed by atoms with Gasteiger partial charge in [0.2, 0.25) is 5.91 Å². The molecule has 1 aliphatic carbocycles. The number of rotatable bonds is 9. The number of amides is 2. The van der Waals surface area contributed by atoms with E-state index in [1.54, 1.807) is 11.0 Å². The van der Waals surface area contributed by atoms with Crippen LogP contribution in [-0.2, 0) is 16.1 Å². The summed E-state index contributed by atoms with van der Waals surface area (Å²) in [5.41, 5.74) is 2.18. The Hall–Kier alpha value is -2.61. The zero-order valence-electron chi connectivity index (χ0n) is 22.6. The van der Waals surface area contributed by atoms with E-state index in [9.17, 15) is 19.5 Å². The number of benzene rings is 1. The van der Waals surface area contributed by atoms with Crippen LogP contribution in [-0.4, -0.2) is 83.9 Å². The summed E-state index contributed by atoms with van der Waals surface area (Å²) >= 11 is 0. The van der Waals surface area contributed by atoms with E-state index in [0.717, 1.165) is 31.5 Å². The fourth-order valence-corrected chi connectivity index (χ4v) is 6.10. The maximum absolute atomic E-state index is 13.3. The van der Waals surface area contributed by atoms with Gasteiger partial charge in [0.15, 0.2) is 0 Å². The predicted octanol–water partition coefficient (Wildman–Crippen LogP) is 4.06. The number of nitrogens with one attached hydrogen (secondary N) is 1. The van der Waals surface area contributed by atoms with Gasteiger partial charge >= 0.3 is 5.97 Å². The Morgan fingerprint density at radius 3 is 2.46 bits per heavy atom. The molecule has 1 aromatic rings. The smallest absolute Gasteiger partial charge is 0.305 e. The van der Waals surface area contributed by atoms with E-state index >= 15 is 0 Å². The highest BCUT2D eigenvalue weighted by atomic mass is 16.4. The van der Waals surface area contributed by atoms with Gasteiger partial charge in [-0.3, -0.25) is 14.4 Å². The topological polar surface area (TPSA) is 93.2 Å². The maximum atomic E-state index is 13.3. The molecule has 4 rings (SSSR count). The molecule has 0 unspecified atom stereocenters. The van der Waals surface area contributed by atoms with Crippen LogP contribution in [0.5, 0.6) is 0 Å². The molecule has 8 heteroatoms. The number of fused-ring (bicyclic) bond motifs is 1. The molecule has 1 atom stereocenters. The lowest BCUT2D eigenvalue weighted by Gasteiger charge is -2.30. The lowest BCUT2D eigenvalue weighted by Crippen LogP contribution is -2.42. The van der Waals surface area contributed by atoms with Crippen LogP contribution in [0.15, 0.2) is 18.2 Å². The molecule has 0 radical (unpaired) electrons. The first kappa shape index (κ1) is 27.4. The van der Waals surface area contributed by atoms with Crippen molar-refractivity contribution in [2.75, 3.05) is 45.6 Å². The van der Waals surface area contributed by atoms with Crippen LogP contribution >= 0.6 is 0 Å². The Labute approximate surface area is 221 Å². The van der Waals surface area contributed by atoms with Crippen LogP contribution in [0, 0.1) is 11.8 Å². The highest BCUT2D eigenvalue weighted by Crippen LogP contribution is 2.30. The normalized spacial score (nSPS) is 21.7. The number of carbonyl (C=O) groups excluding carboxylic acids is 2. The zero-order valence-corrected chi connectivity index (χ0v) is 22.6. The second-order valence-electron chi connectivity index (χ2n) is 11.5. The maximum Gasteiger partial charge on any atom is 0.305 e. The summed E-state index contributed by atoms with van der Waals surface area (Å²) in [6.45, 7) is 4.03. The van der Waals surface area contributed by atoms with Gasteiger partial charge in [-0.25, -0.2) is 0 Å². The third-order valence-corrected chi connectivity index (χ3v) is 8.63. The lowest BCUT2D eigenvalue weighted by molar-refractivity contribution is -0.141. The van der Waals surface area contributed by atoms with Gasteiger partial charge in [0.25, 0.3) is 5.91 Å². The molecule has 3 aliphatic rings. The van der Waals surface area contributed by atoms with E-state index in [1.807, 2.05) is 24.1 Å². The summed E-state index contributed by atoms with van der Waals surface area (Å²) in [7, 11) is 4.00. The molecule has 2 N–H and O–H groups in total. The summed E-state index contributed by atoms with van der Waals surface area (Å²) < 4.78 is 0. The van der Waals surface area contributed by atoms with Crippen molar-refractivity contribution in [3.63, 3.8) is 0 Å². The van der Waals surface area contributed by atoms with Gasteiger partial charge in [0, 0.05) is 37.9 Å². The monoisotopic (exact) mass is 512 g/mol. The number of aliphatic carboxylic acids is 1. The number of carbonyl (C=O) groups is 3. The van der Waals surface area contributed by atoms with Crippen LogP contribution in [0.3, 0.4) is 0 Å². The number of nitrogens with zero attached hydrogens (tertiary/aromatic N) is 3. The Bertz CT molecular complexity index is 953. The van der Waals surface area contributed by atoms with Gasteiger partial charge in [-0.05, 0) is 75.4 Å². The van der Waals surface area contributed by atoms with E-state index in [4.69, 9.17) is 0 Å². The van der Waals surface area contributed by atoms with Gasteiger partial charge in [0.1, 0.15) is 6.04 Å². The van der Waals surface area contributed by atoms with Crippen molar-refractivity contribution in [1.82, 2.24) is 14.7 Å². The fraction of sp³-hybridized carbons (Fsp3) is 0.690. The summed E-state index contributed by atoms with van der Waals surface area (Å²) in [6, 6.07) is 4.73. The van der Waals surface area contributed by atoms with Crippen LogP contribution in [0.2, 0.25) is 0 Å². The minimum absolute atomic E-state index is 0.0444. The number of carboxylic acid groups (broad SMARTS) is 1. The quantitative estimate of drug-likeness (QED) is 0.518. The van der Waals surface area contributed by atoms with Crippen molar-refractivity contribution in [3.8, 4) is 0 Å². The molecule has 1 saturated heterocycles. The molecule has 2 fully saturated rings. The summed E-state index contributed by atoms with van der Waals surface area (Å²) in [4.78, 5) is 44.1. The van der Waals surface area contributed by atoms with E-state index in [2.05, 4.69) is 17.3 Å². The molecular formula is C29H44N4O4. The van der Waals surface area contributed by atoms with E-state index in [0.29, 0.717) is 42.7 Å². The third kappa shape index (κ3) is 7.46. The van der Waals surface area contributed by atoms with Crippen LogP contribution < -0.4 is 5.32 Å². The van der Waals surface area contributed by atoms with Crippen molar-refractivity contribution < 1.29 is 19.5 Å². The first-order valence-corrected chi connectivity index (χ1v) is 14.1. The van der Waals surface area contributed by atoms with Crippen LogP contribution in [0.1, 0.15) is 80.1 Å². The van der Waals surface area contributed by atoms with Gasteiger partial charge < -0.3 is 25.1 Å². The second kappa shape index (κ2) is 12.8. The molecule has 2 aliphatic heterocycles. The van der Waals surface area contributed by atoms with Gasteiger partial charge in [-0.2, -0.15) is 0 Å². The molecule has 2 heterocycles. The van der Waals surface area contributed by atoms with Gasteiger partial charge in [-0.15, -0.1) is 0 Å². The number of anilines is 1. The number of hydrogen-bond donors (Lipinski definition) is 2. The lowest BCUT2D eigenvalue weighted by atomic mass is 9.87. The minimum atomic E-state index is -1.01. The molecule has 0 aromatic heterocycles. The first-order chi connectivity index (χ1) is 17.8. The van der Waals surface area contributed by atoms with E-state index in [1.165, 1.54) is 44.9 Å². The number of hydrogen-bond acceptors (Lipinski definition) is 5. The van der Waals surface area contributed by atoms with Crippen LogP contribution in [0.4, 0.5) is 5.69 Å². The van der Waals surface area contributed by atoms with Gasteiger partial charge in [-0.1, -0.05) is 38.2 Å². The summed E-state index contributed by atoms with van der Waals surface area (Å²) in [5.74, 6) is 0.0692. The van der Waals surface area contributed by atoms with Crippen molar-refractivity contribution in [3.05, 3.63) is 29.3 Å². The van der Waals surface area contributed by atoms with E-state index < -0.39 is 12.0 Å². The Morgan fingerprint density at radius 1 is 1.05 bits per heavy atom. The molecule has 204 valence electrons. The molecular weight excluding hydrogens is 468 g/mol. The minimum Gasteiger partial charge on any atom is -0.481 e. The molecule has 0 spiro atoms. The Kier molecular flexibility index (Phi) is 9.46. The highest BCUT2D eigenvalue weighted by molar-refractivity contribution is 5.96. The van der Waals surface area contributed by atoms with Crippen molar-refractivity contribution in [2.45, 2.75) is 76.8 Å². The number of piperidine rings is 1. The average molecular weight is 513 g/mol. The van der Waals surface area contributed by atoms with Crippen molar-refractivity contribution in [2.24, 2.45) is 11.8 Å². The largest absolute Gasteiger partial charge is 0.481 e. The first-order valence-electron chi connectivity index (χ1n) is 14.1. The molecule has 8 nitrogen and oxygen atoms in total. The summed E-state index contributed by atoms with van der Waals surface area (Å²) in [5, 5.41) is 12.6. The highest BCUT2D eigenvalue weighted by Gasteiger charge is 2.32. The predicted molar refractivity (Wildman–Crippen MR) is 145 cm³/mol. The molecule has 1 saturated carbocycles. The fourth-order valence-electron chi connectivity index (χ4n) is 6.10. The van der Waals surface area contributed by atoms with E-state index in [-0.39, 0.29) is 18.2 Å². The molecule has 2 amide bonds. The molecule has 0 bridgehead atoms. The number of carboxylic acids is 1. The third-order valence-electron chi connectivity index (χ3n) is 8.63. The standard InChI is InChI=1S/C29H44N4O4/c1-31-14-10-22(11-15-31)12-16-32(2)28(36)23-8-9-24-20-33(17-13-21-6-4-3-5-7-21)29(37)26(19-27(34)35)30-25(24)18-23/h8-9,18,21-22,26,30H,3-7,10-17,19-20H2,1-2H3,(H,34,35)/t26-/m1/s1. The van der Waals surface area contributed by atoms with Gasteiger partial charge in [0.05, 0.1) is 6.42 Å². The average Bonchev–Trinajstić information content (AvgIpc) is 3.02. The summed E-state index contributed by atoms with van der Waals surface area (Å²) in [6.07, 6.45) is 10.3. The van der Waals surface area contributed by atoms with Crippen molar-refractivity contribution >= 4 is 23.5 Å². The SMILES string of the molecule is CN1CCC(CCN(C)C(=O)c2ccc3c(c2)N[C@H](CC(=O)O)C(=O)N(CCC2CCCCC2)C3)CC1. The second-order valence-corrected chi connectivity index (χ2v) is 11.5. The molecule has 1 aromatic carbocycles. The van der Waals surface area contributed by atoms with Crippen LogP contribution in [0.25, 0.3) is 0 Å².